The molecule has 4 nitrogen and oxygen atoms in total. The Morgan fingerprint density at radius 1 is 1.29 bits per heavy atom. The zero-order chi connectivity index (χ0) is 14.8. The number of thiophene rings is 1. The summed E-state index contributed by atoms with van der Waals surface area (Å²) in [5.41, 5.74) is 1.38. The van der Waals surface area contributed by atoms with Crippen molar-refractivity contribution >= 4 is 56.5 Å². The molecule has 2 amide bonds. The molecule has 0 aliphatic carbocycles. The largest absolute Gasteiger partial charge is 0.323 e. The minimum Gasteiger partial charge on any atom is -0.323 e. The maximum absolute atomic E-state index is 12.3. The number of carbonyl (C=O) groups is 2. The highest BCUT2D eigenvalue weighted by molar-refractivity contribution is 9.11. The average molecular weight is 363 g/mol. The Balaban J connectivity index is 1.85. The van der Waals surface area contributed by atoms with E-state index < -0.39 is 0 Å². The summed E-state index contributed by atoms with van der Waals surface area (Å²) >= 11 is 4.92. The van der Waals surface area contributed by atoms with Crippen LogP contribution in [0, 0.1) is 0 Å². The van der Waals surface area contributed by atoms with Gasteiger partial charge in [0, 0.05) is 11.0 Å². The molecule has 1 aromatic carbocycles. The van der Waals surface area contributed by atoms with Crippen LogP contribution in [-0.2, 0) is 9.59 Å². The van der Waals surface area contributed by atoms with Crippen LogP contribution >= 0.6 is 27.3 Å². The number of fused-ring (bicyclic) bond motifs is 1. The number of halogens is 1. The number of hydrogen-bond acceptors (Lipinski definition) is 3. The number of hydrogen-bond donors (Lipinski definition) is 1. The summed E-state index contributed by atoms with van der Waals surface area (Å²) in [4.78, 5) is 26.5. The van der Waals surface area contributed by atoms with Crippen LogP contribution in [0.2, 0.25) is 0 Å². The average Bonchev–Trinajstić information content (AvgIpc) is 2.89. The van der Waals surface area contributed by atoms with E-state index in [4.69, 9.17) is 0 Å². The summed E-state index contributed by atoms with van der Waals surface area (Å²) in [6.45, 7) is 0.0360. The maximum atomic E-state index is 12.3. The lowest BCUT2D eigenvalue weighted by Crippen LogP contribution is -2.41. The Kier molecular flexibility index (Phi) is 3.90. The van der Waals surface area contributed by atoms with E-state index in [1.54, 1.807) is 23.5 Å². The van der Waals surface area contributed by atoms with Crippen molar-refractivity contribution in [3.8, 4) is 0 Å². The van der Waals surface area contributed by atoms with Crippen LogP contribution in [-0.4, -0.2) is 18.4 Å². The van der Waals surface area contributed by atoms with Gasteiger partial charge >= 0.3 is 0 Å². The molecule has 2 aromatic rings. The van der Waals surface area contributed by atoms with Crippen LogP contribution in [0.25, 0.3) is 6.08 Å². The Labute approximate surface area is 134 Å². The third kappa shape index (κ3) is 3.06. The van der Waals surface area contributed by atoms with Gasteiger partial charge in [0.1, 0.15) is 6.54 Å². The van der Waals surface area contributed by atoms with Crippen LogP contribution in [0.15, 0.2) is 46.3 Å². The minimum absolute atomic E-state index is 0.0360. The van der Waals surface area contributed by atoms with Gasteiger partial charge in [-0.25, -0.2) is 0 Å². The monoisotopic (exact) mass is 362 g/mol. The van der Waals surface area contributed by atoms with Gasteiger partial charge in [0.05, 0.1) is 15.2 Å². The molecule has 0 spiro atoms. The highest BCUT2D eigenvalue weighted by atomic mass is 79.9. The molecule has 2 heterocycles. The molecule has 0 saturated carbocycles. The van der Waals surface area contributed by atoms with Gasteiger partial charge < -0.3 is 5.32 Å². The lowest BCUT2D eigenvalue weighted by atomic mass is 10.2. The van der Waals surface area contributed by atoms with Crippen molar-refractivity contribution in [1.82, 2.24) is 0 Å². The molecule has 1 aliphatic rings. The van der Waals surface area contributed by atoms with Crippen molar-refractivity contribution < 1.29 is 9.59 Å². The number of anilines is 2. The Hall–Kier alpha value is -1.92. The van der Waals surface area contributed by atoms with Gasteiger partial charge in [0.15, 0.2) is 0 Å². The molecule has 0 fully saturated rings. The number of carbonyl (C=O) groups excluding carboxylic acids is 2. The van der Waals surface area contributed by atoms with E-state index in [-0.39, 0.29) is 18.4 Å². The summed E-state index contributed by atoms with van der Waals surface area (Å²) in [5, 5.41) is 2.76. The quantitative estimate of drug-likeness (QED) is 0.831. The topological polar surface area (TPSA) is 49.4 Å². The lowest BCUT2D eigenvalue weighted by molar-refractivity contribution is -0.119. The van der Waals surface area contributed by atoms with Crippen molar-refractivity contribution in [2.45, 2.75) is 0 Å². The first-order valence-corrected chi connectivity index (χ1v) is 7.88. The third-order valence-electron chi connectivity index (χ3n) is 3.02. The first kappa shape index (κ1) is 14.0. The van der Waals surface area contributed by atoms with E-state index in [0.29, 0.717) is 5.69 Å². The molecule has 6 heteroatoms. The van der Waals surface area contributed by atoms with E-state index in [1.165, 1.54) is 11.0 Å². The van der Waals surface area contributed by atoms with Crippen molar-refractivity contribution in [1.29, 1.82) is 0 Å². The molecule has 0 saturated heterocycles. The zero-order valence-corrected chi connectivity index (χ0v) is 13.3. The molecule has 0 atom stereocenters. The number of nitrogens with one attached hydrogen (secondary N) is 1. The van der Waals surface area contributed by atoms with Gasteiger partial charge in [0.25, 0.3) is 5.91 Å². The molecule has 1 aromatic heterocycles. The van der Waals surface area contributed by atoms with Gasteiger partial charge in [-0.1, -0.05) is 12.1 Å². The van der Waals surface area contributed by atoms with E-state index in [9.17, 15) is 9.59 Å². The smallest absolute Gasteiger partial charge is 0.251 e. The summed E-state index contributed by atoms with van der Waals surface area (Å²) < 4.78 is 1.01. The predicted octanol–water partition coefficient (Wildman–Crippen LogP) is 3.51. The van der Waals surface area contributed by atoms with E-state index in [0.717, 1.165) is 14.4 Å². The molecule has 21 heavy (non-hydrogen) atoms. The number of rotatable bonds is 2. The van der Waals surface area contributed by atoms with Gasteiger partial charge in [-0.2, -0.15) is 0 Å². The van der Waals surface area contributed by atoms with Gasteiger partial charge in [-0.15, -0.1) is 11.3 Å². The fraction of sp³-hybridized carbons (Fsp3) is 0.0667. The zero-order valence-electron chi connectivity index (χ0n) is 10.9. The van der Waals surface area contributed by atoms with Crippen molar-refractivity contribution in [3.05, 3.63) is 51.1 Å². The summed E-state index contributed by atoms with van der Waals surface area (Å²) in [6.07, 6.45) is 3.25. The Morgan fingerprint density at radius 3 is 2.86 bits per heavy atom. The maximum Gasteiger partial charge on any atom is 0.251 e. The van der Waals surface area contributed by atoms with Crippen molar-refractivity contribution in [2.75, 3.05) is 16.8 Å². The van der Waals surface area contributed by atoms with Crippen LogP contribution in [0.5, 0.6) is 0 Å². The standard InChI is InChI=1S/C15H11BrN2O2S/c16-13-7-5-10(21-13)6-8-15(20)18-9-14(19)17-11-3-1-2-4-12(11)18/h1-8H,9H2,(H,17,19). The van der Waals surface area contributed by atoms with E-state index in [2.05, 4.69) is 21.2 Å². The number of benzene rings is 1. The SMILES string of the molecule is O=C1CN(C(=O)C=Cc2ccc(Br)s2)c2ccccc2N1. The Morgan fingerprint density at radius 2 is 2.10 bits per heavy atom. The van der Waals surface area contributed by atoms with Crippen LogP contribution < -0.4 is 10.2 Å². The number of amides is 2. The minimum atomic E-state index is -0.207. The van der Waals surface area contributed by atoms with Crippen LogP contribution in [0.3, 0.4) is 0 Å². The van der Waals surface area contributed by atoms with Crippen molar-refractivity contribution in [3.63, 3.8) is 0 Å². The molecular weight excluding hydrogens is 352 g/mol. The van der Waals surface area contributed by atoms with E-state index in [1.807, 2.05) is 30.3 Å². The normalized spacial score (nSPS) is 14.1. The second-order valence-corrected chi connectivity index (χ2v) is 6.96. The summed E-state index contributed by atoms with van der Waals surface area (Å²) in [6, 6.07) is 11.1. The first-order valence-electron chi connectivity index (χ1n) is 6.27. The highest BCUT2D eigenvalue weighted by Crippen LogP contribution is 2.29. The molecule has 0 radical (unpaired) electrons. The van der Waals surface area contributed by atoms with Crippen LogP contribution in [0.1, 0.15) is 4.88 Å². The Bertz CT molecular complexity index is 739. The molecule has 106 valence electrons. The van der Waals surface area contributed by atoms with Crippen molar-refractivity contribution in [2.24, 2.45) is 0 Å². The second kappa shape index (κ2) is 5.83. The predicted molar refractivity (Wildman–Crippen MR) is 88.5 cm³/mol. The fourth-order valence-corrected chi connectivity index (χ4v) is 3.42. The van der Waals surface area contributed by atoms with Gasteiger partial charge in [-0.3, -0.25) is 14.5 Å². The number of para-hydroxylation sites is 2. The molecular formula is C15H11BrN2O2S. The summed E-state index contributed by atoms with van der Waals surface area (Å²) in [5.74, 6) is -0.392. The van der Waals surface area contributed by atoms with Crippen LogP contribution in [0.4, 0.5) is 11.4 Å². The lowest BCUT2D eigenvalue weighted by Gasteiger charge is -2.28. The van der Waals surface area contributed by atoms with Gasteiger partial charge in [0.2, 0.25) is 5.91 Å². The first-order chi connectivity index (χ1) is 10.1. The fourth-order valence-electron chi connectivity index (χ4n) is 2.09. The number of nitrogens with zero attached hydrogens (tertiary/aromatic N) is 1. The second-order valence-electron chi connectivity index (χ2n) is 4.46. The highest BCUT2D eigenvalue weighted by Gasteiger charge is 2.24. The third-order valence-corrected chi connectivity index (χ3v) is 4.61. The molecule has 1 N–H and O–H groups in total. The van der Waals surface area contributed by atoms with E-state index >= 15 is 0 Å². The molecule has 0 unspecified atom stereocenters. The summed E-state index contributed by atoms with van der Waals surface area (Å²) in [7, 11) is 0. The molecule has 1 aliphatic heterocycles. The molecule has 3 rings (SSSR count). The van der Waals surface area contributed by atoms with Gasteiger partial charge in [-0.05, 0) is 46.3 Å². The molecule has 0 bridgehead atoms.